The largest absolute Gasteiger partial charge is 0.479 e. The number of rotatable bonds is 5. The molecule has 0 aliphatic rings. The first kappa shape index (κ1) is 18.2. The molecule has 0 aliphatic carbocycles. The second-order valence-electron chi connectivity index (χ2n) is 4.47. The lowest BCUT2D eigenvalue weighted by Crippen LogP contribution is -2.25. The van der Waals surface area contributed by atoms with Gasteiger partial charge in [0.2, 0.25) is 10.0 Å². The van der Waals surface area contributed by atoms with Gasteiger partial charge in [-0.15, -0.1) is 0 Å². The molecule has 0 saturated carbocycles. The summed E-state index contributed by atoms with van der Waals surface area (Å²) >= 11 is 5.89. The predicted molar refractivity (Wildman–Crippen MR) is 86.3 cm³/mol. The maximum Gasteiger partial charge on any atom is 0.244 e. The van der Waals surface area contributed by atoms with Crippen molar-refractivity contribution in [2.75, 3.05) is 13.2 Å². The molecule has 0 aromatic heterocycles. The van der Waals surface area contributed by atoms with E-state index in [9.17, 15) is 17.2 Å². The third-order valence-electron chi connectivity index (χ3n) is 2.79. The van der Waals surface area contributed by atoms with E-state index in [0.29, 0.717) is 16.8 Å². The molecule has 24 heavy (non-hydrogen) atoms. The minimum absolute atomic E-state index is 0.000211. The monoisotopic (exact) mass is 371 g/mol. The molecule has 0 radical (unpaired) electrons. The maximum atomic E-state index is 13.5. The van der Waals surface area contributed by atoms with Gasteiger partial charge in [-0.2, -0.15) is 4.72 Å². The standard InChI is InChI=1S/C16H12ClF2NO3S/c17-13-5-1-2-6-15(13)23-10-4-3-9-20-24(21,22)16-11-12(18)7-8-14(16)19/h1-2,5-8,11,20H,9-10H2. The number of ether oxygens (including phenoxy) is 1. The van der Waals surface area contributed by atoms with Crippen molar-refractivity contribution in [3.63, 3.8) is 0 Å². The molecule has 1 N–H and O–H groups in total. The molecule has 0 unspecified atom stereocenters. The molecule has 2 aromatic carbocycles. The van der Waals surface area contributed by atoms with Crippen LogP contribution < -0.4 is 9.46 Å². The highest BCUT2D eigenvalue weighted by Gasteiger charge is 2.18. The summed E-state index contributed by atoms with van der Waals surface area (Å²) in [6, 6.07) is 9.00. The van der Waals surface area contributed by atoms with E-state index in [4.69, 9.17) is 16.3 Å². The summed E-state index contributed by atoms with van der Waals surface area (Å²) in [6.45, 7) is -0.274. The summed E-state index contributed by atoms with van der Waals surface area (Å²) in [5.74, 6) is 3.66. The first-order valence-electron chi connectivity index (χ1n) is 6.68. The normalized spacial score (nSPS) is 10.8. The first-order chi connectivity index (χ1) is 11.4. The first-order valence-corrected chi connectivity index (χ1v) is 8.54. The molecular formula is C16H12ClF2NO3S. The second kappa shape index (κ2) is 8.11. The number of nitrogens with one attached hydrogen (secondary N) is 1. The van der Waals surface area contributed by atoms with Crippen LogP contribution in [0.1, 0.15) is 0 Å². The zero-order chi connectivity index (χ0) is 17.6. The van der Waals surface area contributed by atoms with Crippen molar-refractivity contribution in [3.8, 4) is 17.6 Å². The van der Waals surface area contributed by atoms with Gasteiger partial charge in [-0.05, 0) is 30.3 Å². The van der Waals surface area contributed by atoms with Crippen LogP contribution >= 0.6 is 11.6 Å². The molecule has 126 valence electrons. The van der Waals surface area contributed by atoms with Gasteiger partial charge in [0.25, 0.3) is 0 Å². The van der Waals surface area contributed by atoms with Crippen LogP contribution in [0.25, 0.3) is 0 Å². The Bertz CT molecular complexity index is 892. The van der Waals surface area contributed by atoms with Crippen molar-refractivity contribution < 1.29 is 21.9 Å². The van der Waals surface area contributed by atoms with Gasteiger partial charge in [0, 0.05) is 0 Å². The van der Waals surface area contributed by atoms with Crippen molar-refractivity contribution in [3.05, 3.63) is 59.1 Å². The highest BCUT2D eigenvalue weighted by atomic mass is 35.5. The minimum Gasteiger partial charge on any atom is -0.479 e. The Balaban J connectivity index is 1.90. The van der Waals surface area contributed by atoms with Crippen LogP contribution in [-0.2, 0) is 10.0 Å². The van der Waals surface area contributed by atoms with Crippen LogP contribution in [0.3, 0.4) is 0 Å². The molecule has 8 heteroatoms. The Morgan fingerprint density at radius 2 is 1.88 bits per heavy atom. The van der Waals surface area contributed by atoms with Gasteiger partial charge in [-0.25, -0.2) is 17.2 Å². The third kappa shape index (κ3) is 4.93. The average molecular weight is 372 g/mol. The fourth-order valence-corrected chi connectivity index (χ4v) is 2.88. The number of para-hydroxylation sites is 1. The van der Waals surface area contributed by atoms with Crippen LogP contribution in [0.2, 0.25) is 5.02 Å². The molecule has 0 saturated heterocycles. The van der Waals surface area contributed by atoms with E-state index in [-0.39, 0.29) is 13.2 Å². The Kier molecular flexibility index (Phi) is 6.15. The Labute approximate surface area is 143 Å². The molecule has 0 amide bonds. The van der Waals surface area contributed by atoms with Gasteiger partial charge in [0.15, 0.2) is 0 Å². The minimum atomic E-state index is -4.19. The van der Waals surface area contributed by atoms with Crippen LogP contribution in [0.4, 0.5) is 8.78 Å². The summed E-state index contributed by atoms with van der Waals surface area (Å²) in [4.78, 5) is -0.767. The van der Waals surface area contributed by atoms with Crippen molar-refractivity contribution in [2.45, 2.75) is 4.90 Å². The second-order valence-corrected chi connectivity index (χ2v) is 6.61. The lowest BCUT2D eigenvalue weighted by molar-refractivity contribution is 0.370. The van der Waals surface area contributed by atoms with Crippen molar-refractivity contribution in [2.24, 2.45) is 0 Å². The van der Waals surface area contributed by atoms with Crippen LogP contribution in [-0.4, -0.2) is 21.6 Å². The number of hydrogen-bond donors (Lipinski definition) is 1. The molecule has 0 bridgehead atoms. The number of sulfonamides is 1. The summed E-state index contributed by atoms with van der Waals surface area (Å²) < 4.78 is 57.6. The summed E-state index contributed by atoms with van der Waals surface area (Å²) in [5, 5.41) is 0.432. The Morgan fingerprint density at radius 3 is 2.62 bits per heavy atom. The Morgan fingerprint density at radius 1 is 1.12 bits per heavy atom. The van der Waals surface area contributed by atoms with Crippen molar-refractivity contribution in [1.82, 2.24) is 4.72 Å². The quantitative estimate of drug-likeness (QED) is 0.822. The third-order valence-corrected chi connectivity index (χ3v) is 4.52. The predicted octanol–water partition coefficient (Wildman–Crippen LogP) is 2.98. The van der Waals surface area contributed by atoms with E-state index >= 15 is 0 Å². The molecule has 2 rings (SSSR count). The highest BCUT2D eigenvalue weighted by Crippen LogP contribution is 2.22. The molecular weight excluding hydrogens is 360 g/mol. The van der Waals surface area contributed by atoms with Gasteiger partial charge in [0.1, 0.15) is 28.9 Å². The lowest BCUT2D eigenvalue weighted by atomic mass is 10.3. The number of benzene rings is 2. The van der Waals surface area contributed by atoms with Gasteiger partial charge >= 0.3 is 0 Å². The van der Waals surface area contributed by atoms with Gasteiger partial charge in [-0.3, -0.25) is 0 Å². The van der Waals surface area contributed by atoms with Crippen molar-refractivity contribution >= 4 is 21.6 Å². The van der Waals surface area contributed by atoms with E-state index in [1.54, 1.807) is 24.3 Å². The van der Waals surface area contributed by atoms with Gasteiger partial charge in [-0.1, -0.05) is 35.6 Å². The van der Waals surface area contributed by atoms with E-state index in [1.165, 1.54) is 0 Å². The molecule has 0 atom stereocenters. The average Bonchev–Trinajstić information content (AvgIpc) is 2.54. The fraction of sp³-hybridized carbons (Fsp3) is 0.125. The molecule has 4 nitrogen and oxygen atoms in total. The smallest absolute Gasteiger partial charge is 0.244 e. The Hall–Kier alpha value is -2.14. The highest BCUT2D eigenvalue weighted by molar-refractivity contribution is 7.89. The molecule has 2 aromatic rings. The van der Waals surface area contributed by atoms with Gasteiger partial charge in [0.05, 0.1) is 11.6 Å². The molecule has 0 aliphatic heterocycles. The lowest BCUT2D eigenvalue weighted by Gasteiger charge is -2.05. The van der Waals surface area contributed by atoms with E-state index in [1.807, 2.05) is 0 Å². The maximum absolute atomic E-state index is 13.5. The van der Waals surface area contributed by atoms with Crippen LogP contribution in [0.15, 0.2) is 47.4 Å². The SMILES string of the molecule is O=S(=O)(NCC#CCOc1ccccc1Cl)c1cc(F)ccc1F. The number of hydrogen-bond acceptors (Lipinski definition) is 3. The van der Waals surface area contributed by atoms with E-state index in [0.717, 1.165) is 12.1 Å². The van der Waals surface area contributed by atoms with Crippen LogP contribution in [0.5, 0.6) is 5.75 Å². The molecule has 0 heterocycles. The molecule has 0 fully saturated rings. The van der Waals surface area contributed by atoms with E-state index < -0.39 is 26.6 Å². The summed E-state index contributed by atoms with van der Waals surface area (Å²) in [6.07, 6.45) is 0. The van der Waals surface area contributed by atoms with Gasteiger partial charge < -0.3 is 4.74 Å². The van der Waals surface area contributed by atoms with E-state index in [2.05, 4.69) is 16.6 Å². The van der Waals surface area contributed by atoms with Crippen LogP contribution in [0, 0.1) is 23.5 Å². The summed E-state index contributed by atoms with van der Waals surface area (Å²) in [5.41, 5.74) is 0. The molecule has 0 spiro atoms. The topological polar surface area (TPSA) is 55.4 Å². The summed E-state index contributed by atoms with van der Waals surface area (Å²) in [7, 11) is -4.19. The van der Waals surface area contributed by atoms with Crippen molar-refractivity contribution in [1.29, 1.82) is 0 Å². The zero-order valence-electron chi connectivity index (χ0n) is 12.2. The zero-order valence-corrected chi connectivity index (χ0v) is 13.8. The fourth-order valence-electron chi connectivity index (χ4n) is 1.68. The number of halogens is 3.